The number of nitrogens with one attached hydrogen (secondary N) is 2. The summed E-state index contributed by atoms with van der Waals surface area (Å²) in [6.07, 6.45) is 3.90. The standard InChI is InChI=1S/C14H24N2O2/c1-11(2)6-4-8-15-12(3)14(17)16-10-13-7-5-9-18-13/h5,7,9,11-12,15H,4,6,8,10H2,1-3H3,(H,16,17). The number of furan rings is 1. The van der Waals surface area contributed by atoms with Crippen molar-refractivity contribution in [1.82, 2.24) is 10.6 Å². The van der Waals surface area contributed by atoms with E-state index in [-0.39, 0.29) is 11.9 Å². The maximum absolute atomic E-state index is 11.8. The fraction of sp³-hybridized carbons (Fsp3) is 0.643. The fourth-order valence-corrected chi connectivity index (χ4v) is 1.66. The van der Waals surface area contributed by atoms with Crippen LogP contribution in [-0.2, 0) is 11.3 Å². The van der Waals surface area contributed by atoms with Crippen LogP contribution in [-0.4, -0.2) is 18.5 Å². The average Bonchev–Trinajstić information content (AvgIpc) is 2.84. The zero-order chi connectivity index (χ0) is 13.4. The van der Waals surface area contributed by atoms with Crippen LogP contribution >= 0.6 is 0 Å². The molecule has 2 N–H and O–H groups in total. The van der Waals surface area contributed by atoms with Gasteiger partial charge in [0.2, 0.25) is 5.91 Å². The van der Waals surface area contributed by atoms with Crippen molar-refractivity contribution in [2.75, 3.05) is 6.54 Å². The lowest BCUT2D eigenvalue weighted by Gasteiger charge is -2.14. The van der Waals surface area contributed by atoms with Crippen LogP contribution in [0.3, 0.4) is 0 Å². The van der Waals surface area contributed by atoms with Gasteiger partial charge in [-0.05, 0) is 44.4 Å². The van der Waals surface area contributed by atoms with E-state index in [1.165, 1.54) is 6.42 Å². The molecule has 0 spiro atoms. The highest BCUT2D eigenvalue weighted by Gasteiger charge is 2.11. The van der Waals surface area contributed by atoms with Gasteiger partial charge in [-0.3, -0.25) is 4.79 Å². The Balaban J connectivity index is 2.12. The number of rotatable bonds is 8. The van der Waals surface area contributed by atoms with Gasteiger partial charge in [0.15, 0.2) is 0 Å². The molecular weight excluding hydrogens is 228 g/mol. The van der Waals surface area contributed by atoms with Crippen LogP contribution < -0.4 is 10.6 Å². The highest BCUT2D eigenvalue weighted by atomic mass is 16.3. The quantitative estimate of drug-likeness (QED) is 0.698. The van der Waals surface area contributed by atoms with Gasteiger partial charge in [0, 0.05) is 0 Å². The summed E-state index contributed by atoms with van der Waals surface area (Å²) in [5, 5.41) is 6.06. The molecule has 18 heavy (non-hydrogen) atoms. The van der Waals surface area contributed by atoms with Crippen LogP contribution in [0.4, 0.5) is 0 Å². The van der Waals surface area contributed by atoms with E-state index >= 15 is 0 Å². The first-order valence-electron chi connectivity index (χ1n) is 6.63. The first-order chi connectivity index (χ1) is 8.59. The lowest BCUT2D eigenvalue weighted by molar-refractivity contribution is -0.123. The topological polar surface area (TPSA) is 54.3 Å². The third kappa shape index (κ3) is 5.87. The molecule has 0 bridgehead atoms. The van der Waals surface area contributed by atoms with Crippen LogP contribution in [0.5, 0.6) is 0 Å². The van der Waals surface area contributed by atoms with Gasteiger partial charge in [0.25, 0.3) is 0 Å². The molecule has 1 aromatic heterocycles. The van der Waals surface area contributed by atoms with E-state index in [2.05, 4.69) is 24.5 Å². The Hall–Kier alpha value is -1.29. The van der Waals surface area contributed by atoms with E-state index in [1.54, 1.807) is 6.26 Å². The second-order valence-electron chi connectivity index (χ2n) is 5.01. The third-order valence-electron chi connectivity index (χ3n) is 2.82. The first-order valence-corrected chi connectivity index (χ1v) is 6.63. The Bertz CT molecular complexity index is 334. The number of carbonyl (C=O) groups is 1. The van der Waals surface area contributed by atoms with E-state index in [0.29, 0.717) is 6.54 Å². The summed E-state index contributed by atoms with van der Waals surface area (Å²) in [6, 6.07) is 3.50. The Morgan fingerprint density at radius 2 is 2.17 bits per heavy atom. The molecule has 0 fully saturated rings. The molecule has 0 saturated heterocycles. The lowest BCUT2D eigenvalue weighted by Crippen LogP contribution is -2.42. The highest BCUT2D eigenvalue weighted by molar-refractivity contribution is 5.81. The van der Waals surface area contributed by atoms with Crippen molar-refractivity contribution in [2.24, 2.45) is 5.92 Å². The Labute approximate surface area is 109 Å². The number of hydrogen-bond donors (Lipinski definition) is 2. The van der Waals surface area contributed by atoms with Gasteiger partial charge >= 0.3 is 0 Å². The summed E-state index contributed by atoms with van der Waals surface area (Å²) in [6.45, 7) is 7.63. The predicted molar refractivity (Wildman–Crippen MR) is 72.1 cm³/mol. The molecule has 0 radical (unpaired) electrons. The van der Waals surface area contributed by atoms with Crippen LogP contribution in [0.2, 0.25) is 0 Å². The minimum absolute atomic E-state index is 0.0101. The molecule has 0 aliphatic heterocycles. The molecule has 1 amide bonds. The number of amides is 1. The summed E-state index contributed by atoms with van der Waals surface area (Å²) in [4.78, 5) is 11.8. The molecule has 4 nitrogen and oxygen atoms in total. The smallest absolute Gasteiger partial charge is 0.237 e. The Morgan fingerprint density at radius 3 is 2.78 bits per heavy atom. The summed E-state index contributed by atoms with van der Waals surface area (Å²) >= 11 is 0. The van der Waals surface area contributed by atoms with Crippen molar-refractivity contribution in [2.45, 2.75) is 46.2 Å². The first kappa shape index (κ1) is 14.8. The summed E-state index contributed by atoms with van der Waals surface area (Å²) in [5.41, 5.74) is 0. The highest BCUT2D eigenvalue weighted by Crippen LogP contribution is 2.02. The molecule has 1 atom stereocenters. The van der Waals surface area contributed by atoms with Gasteiger partial charge in [0.1, 0.15) is 5.76 Å². The van der Waals surface area contributed by atoms with Crippen LogP contribution in [0, 0.1) is 5.92 Å². The molecule has 1 rings (SSSR count). The minimum atomic E-state index is -0.160. The molecule has 1 unspecified atom stereocenters. The molecular formula is C14H24N2O2. The van der Waals surface area contributed by atoms with E-state index in [0.717, 1.165) is 24.6 Å². The van der Waals surface area contributed by atoms with E-state index in [4.69, 9.17) is 4.42 Å². The van der Waals surface area contributed by atoms with Crippen molar-refractivity contribution >= 4 is 5.91 Å². The SMILES string of the molecule is CC(C)CCCNC(C)C(=O)NCc1ccco1. The molecule has 4 heteroatoms. The van der Waals surface area contributed by atoms with Crippen LogP contribution in [0.25, 0.3) is 0 Å². The molecule has 1 heterocycles. The van der Waals surface area contributed by atoms with E-state index in [1.807, 2.05) is 19.1 Å². The normalized spacial score (nSPS) is 12.7. The molecule has 102 valence electrons. The zero-order valence-corrected chi connectivity index (χ0v) is 11.5. The Kier molecular flexibility index (Phi) is 6.50. The number of carbonyl (C=O) groups excluding carboxylic acids is 1. The second-order valence-corrected chi connectivity index (χ2v) is 5.01. The van der Waals surface area contributed by atoms with Crippen LogP contribution in [0.1, 0.15) is 39.4 Å². The van der Waals surface area contributed by atoms with Gasteiger partial charge in [-0.25, -0.2) is 0 Å². The third-order valence-corrected chi connectivity index (χ3v) is 2.82. The maximum Gasteiger partial charge on any atom is 0.237 e. The monoisotopic (exact) mass is 252 g/mol. The molecule has 0 aliphatic rings. The van der Waals surface area contributed by atoms with Crippen LogP contribution in [0.15, 0.2) is 22.8 Å². The van der Waals surface area contributed by atoms with Crippen molar-refractivity contribution in [3.63, 3.8) is 0 Å². The number of hydrogen-bond acceptors (Lipinski definition) is 3. The van der Waals surface area contributed by atoms with E-state index < -0.39 is 0 Å². The molecule has 0 saturated carbocycles. The summed E-state index contributed by atoms with van der Waals surface area (Å²) < 4.78 is 5.15. The molecule has 0 aromatic carbocycles. The fourth-order valence-electron chi connectivity index (χ4n) is 1.66. The van der Waals surface area contributed by atoms with Gasteiger partial charge in [-0.1, -0.05) is 13.8 Å². The zero-order valence-electron chi connectivity index (χ0n) is 11.5. The van der Waals surface area contributed by atoms with Crippen molar-refractivity contribution in [3.8, 4) is 0 Å². The van der Waals surface area contributed by atoms with Crippen molar-refractivity contribution in [1.29, 1.82) is 0 Å². The lowest BCUT2D eigenvalue weighted by atomic mass is 10.1. The molecule has 0 aliphatic carbocycles. The van der Waals surface area contributed by atoms with Gasteiger partial charge in [-0.2, -0.15) is 0 Å². The average molecular weight is 252 g/mol. The predicted octanol–water partition coefficient (Wildman–Crippen LogP) is 2.31. The Morgan fingerprint density at radius 1 is 1.39 bits per heavy atom. The van der Waals surface area contributed by atoms with Crippen molar-refractivity contribution in [3.05, 3.63) is 24.2 Å². The largest absolute Gasteiger partial charge is 0.467 e. The maximum atomic E-state index is 11.8. The van der Waals surface area contributed by atoms with Gasteiger partial charge < -0.3 is 15.1 Å². The second kappa shape index (κ2) is 7.93. The van der Waals surface area contributed by atoms with Gasteiger partial charge in [-0.15, -0.1) is 0 Å². The van der Waals surface area contributed by atoms with E-state index in [9.17, 15) is 4.79 Å². The van der Waals surface area contributed by atoms with Gasteiger partial charge in [0.05, 0.1) is 18.8 Å². The van der Waals surface area contributed by atoms with Crippen molar-refractivity contribution < 1.29 is 9.21 Å². The summed E-state index contributed by atoms with van der Waals surface area (Å²) in [5.74, 6) is 1.50. The minimum Gasteiger partial charge on any atom is -0.467 e. The summed E-state index contributed by atoms with van der Waals surface area (Å²) in [7, 11) is 0. The molecule has 1 aromatic rings.